The van der Waals surface area contributed by atoms with Crippen LogP contribution in [-0.4, -0.2) is 67.8 Å². The van der Waals surface area contributed by atoms with Crippen LogP contribution in [0.25, 0.3) is 0 Å². The Morgan fingerprint density at radius 1 is 1.23 bits per heavy atom. The molecule has 0 bridgehead atoms. The third-order valence-corrected chi connectivity index (χ3v) is 4.18. The normalized spacial score (nSPS) is 19.2. The second-order valence-corrected chi connectivity index (χ2v) is 6.24. The SMILES string of the molecule is COc1ccc([C@@]2(C)NC(=O)N(CC(=O)NCC(=O)N(C)C)C2=O)cc1. The van der Waals surface area contributed by atoms with Gasteiger partial charge >= 0.3 is 6.03 Å². The third-order valence-electron chi connectivity index (χ3n) is 4.18. The maximum Gasteiger partial charge on any atom is 0.325 e. The monoisotopic (exact) mass is 362 g/mol. The highest BCUT2D eigenvalue weighted by Crippen LogP contribution is 2.29. The largest absolute Gasteiger partial charge is 0.497 e. The maximum atomic E-state index is 12.7. The molecule has 1 saturated heterocycles. The predicted molar refractivity (Wildman–Crippen MR) is 92.3 cm³/mol. The molecule has 2 N–H and O–H groups in total. The highest BCUT2D eigenvalue weighted by molar-refractivity contribution is 6.09. The summed E-state index contributed by atoms with van der Waals surface area (Å²) in [6.07, 6.45) is 0. The summed E-state index contributed by atoms with van der Waals surface area (Å²) < 4.78 is 5.08. The van der Waals surface area contributed by atoms with Crippen molar-refractivity contribution in [2.24, 2.45) is 0 Å². The fourth-order valence-corrected chi connectivity index (χ4v) is 2.49. The molecule has 0 spiro atoms. The predicted octanol–water partition coefficient (Wildman–Crippen LogP) is -0.333. The van der Waals surface area contributed by atoms with E-state index in [0.717, 1.165) is 4.90 Å². The van der Waals surface area contributed by atoms with Crippen molar-refractivity contribution in [2.75, 3.05) is 34.3 Å². The van der Waals surface area contributed by atoms with Gasteiger partial charge in [-0.1, -0.05) is 12.1 Å². The van der Waals surface area contributed by atoms with Crippen molar-refractivity contribution >= 4 is 23.8 Å². The number of nitrogens with one attached hydrogen (secondary N) is 2. The molecular formula is C17H22N4O5. The first kappa shape index (κ1) is 19.2. The minimum atomic E-state index is -1.27. The number of rotatable bonds is 6. The molecule has 5 amide bonds. The standard InChI is InChI=1S/C17H22N4O5/c1-17(11-5-7-12(26-4)8-6-11)15(24)21(16(25)19-17)10-13(22)18-9-14(23)20(2)3/h5-8H,9-10H2,1-4H3,(H,18,22)(H,19,25)/t17-/m1/s1. The van der Waals surface area contributed by atoms with Gasteiger partial charge in [-0.2, -0.15) is 0 Å². The average Bonchev–Trinajstić information content (AvgIpc) is 2.83. The highest BCUT2D eigenvalue weighted by atomic mass is 16.5. The molecule has 140 valence electrons. The van der Waals surface area contributed by atoms with Crippen LogP contribution >= 0.6 is 0 Å². The van der Waals surface area contributed by atoms with E-state index in [1.807, 2.05) is 0 Å². The summed E-state index contributed by atoms with van der Waals surface area (Å²) in [6.45, 7) is 0.908. The molecule has 1 aromatic rings. The van der Waals surface area contributed by atoms with Crippen molar-refractivity contribution in [3.8, 4) is 5.75 Å². The van der Waals surface area contributed by atoms with E-state index < -0.39 is 29.9 Å². The Hall–Kier alpha value is -3.10. The van der Waals surface area contributed by atoms with E-state index in [0.29, 0.717) is 11.3 Å². The Bertz CT molecular complexity index is 731. The van der Waals surface area contributed by atoms with Gasteiger partial charge in [0.25, 0.3) is 5.91 Å². The first-order valence-electron chi connectivity index (χ1n) is 7.94. The zero-order chi connectivity index (χ0) is 19.5. The van der Waals surface area contributed by atoms with Crippen LogP contribution in [0.15, 0.2) is 24.3 Å². The summed E-state index contributed by atoms with van der Waals surface area (Å²) in [6, 6.07) is 6.05. The molecule has 0 aromatic heterocycles. The number of hydrogen-bond donors (Lipinski definition) is 2. The summed E-state index contributed by atoms with van der Waals surface area (Å²) in [5, 5.41) is 5.01. The molecule has 2 rings (SSSR count). The molecule has 0 radical (unpaired) electrons. The van der Waals surface area contributed by atoms with Gasteiger partial charge in [-0.25, -0.2) is 4.79 Å². The Kier molecular flexibility index (Phi) is 5.49. The molecule has 0 unspecified atom stereocenters. The number of ether oxygens (including phenoxy) is 1. The second-order valence-electron chi connectivity index (χ2n) is 6.24. The fourth-order valence-electron chi connectivity index (χ4n) is 2.49. The molecular weight excluding hydrogens is 340 g/mol. The Balaban J connectivity index is 2.07. The van der Waals surface area contributed by atoms with Crippen LogP contribution in [-0.2, 0) is 19.9 Å². The molecule has 1 aliphatic rings. The fraction of sp³-hybridized carbons (Fsp3) is 0.412. The lowest BCUT2D eigenvalue weighted by atomic mass is 9.92. The molecule has 1 heterocycles. The summed E-state index contributed by atoms with van der Waals surface area (Å²) >= 11 is 0. The smallest absolute Gasteiger partial charge is 0.325 e. The second kappa shape index (κ2) is 7.42. The van der Waals surface area contributed by atoms with E-state index in [1.54, 1.807) is 45.3 Å². The number of nitrogens with zero attached hydrogens (tertiary/aromatic N) is 2. The number of carbonyl (C=O) groups excluding carboxylic acids is 4. The molecule has 26 heavy (non-hydrogen) atoms. The van der Waals surface area contributed by atoms with Gasteiger partial charge in [0.1, 0.15) is 17.8 Å². The molecule has 1 fully saturated rings. The molecule has 1 atom stereocenters. The highest BCUT2D eigenvalue weighted by Gasteiger charge is 2.49. The molecule has 9 heteroatoms. The maximum absolute atomic E-state index is 12.7. The topological polar surface area (TPSA) is 108 Å². The van der Waals surface area contributed by atoms with Crippen LogP contribution in [0.4, 0.5) is 4.79 Å². The zero-order valence-corrected chi connectivity index (χ0v) is 15.2. The average molecular weight is 362 g/mol. The van der Waals surface area contributed by atoms with E-state index in [2.05, 4.69) is 10.6 Å². The van der Waals surface area contributed by atoms with Crippen molar-refractivity contribution in [3.63, 3.8) is 0 Å². The Labute approximate surface area is 151 Å². The van der Waals surface area contributed by atoms with E-state index in [4.69, 9.17) is 4.74 Å². The van der Waals surface area contributed by atoms with Gasteiger partial charge in [-0.05, 0) is 24.6 Å². The molecule has 9 nitrogen and oxygen atoms in total. The first-order valence-corrected chi connectivity index (χ1v) is 7.94. The Morgan fingerprint density at radius 2 is 1.85 bits per heavy atom. The summed E-state index contributed by atoms with van der Waals surface area (Å²) in [4.78, 5) is 50.6. The first-order chi connectivity index (χ1) is 12.2. The lowest BCUT2D eigenvalue weighted by Crippen LogP contribution is -2.45. The number of imide groups is 1. The minimum Gasteiger partial charge on any atom is -0.497 e. The molecule has 0 aliphatic carbocycles. The van der Waals surface area contributed by atoms with Crippen LogP contribution in [0.3, 0.4) is 0 Å². The zero-order valence-electron chi connectivity index (χ0n) is 15.2. The molecule has 0 saturated carbocycles. The van der Waals surface area contributed by atoms with Crippen LogP contribution in [0, 0.1) is 0 Å². The summed E-state index contributed by atoms with van der Waals surface area (Å²) in [7, 11) is 4.65. The van der Waals surface area contributed by atoms with Gasteiger partial charge in [0.15, 0.2) is 0 Å². The van der Waals surface area contributed by atoms with Gasteiger partial charge in [-0.15, -0.1) is 0 Å². The number of carbonyl (C=O) groups is 4. The van der Waals surface area contributed by atoms with Gasteiger partial charge in [0, 0.05) is 14.1 Å². The van der Waals surface area contributed by atoms with E-state index >= 15 is 0 Å². The quantitative estimate of drug-likeness (QED) is 0.674. The van der Waals surface area contributed by atoms with E-state index in [-0.39, 0.29) is 12.5 Å². The van der Waals surface area contributed by atoms with E-state index in [1.165, 1.54) is 12.0 Å². The minimum absolute atomic E-state index is 0.203. The van der Waals surface area contributed by atoms with Crippen LogP contribution in [0.2, 0.25) is 0 Å². The lowest BCUT2D eigenvalue weighted by molar-refractivity contribution is -0.135. The van der Waals surface area contributed by atoms with Crippen LogP contribution < -0.4 is 15.4 Å². The number of likely N-dealkylation sites (N-methyl/N-ethyl adjacent to an activating group) is 1. The number of amides is 5. The molecule has 1 aromatic carbocycles. The summed E-state index contributed by atoms with van der Waals surface area (Å²) in [5.74, 6) is -0.807. The van der Waals surface area contributed by atoms with Crippen LogP contribution in [0.1, 0.15) is 12.5 Å². The molecule has 1 aliphatic heterocycles. The van der Waals surface area contributed by atoms with Gasteiger partial charge < -0.3 is 20.3 Å². The van der Waals surface area contributed by atoms with Crippen molar-refractivity contribution in [1.82, 2.24) is 20.4 Å². The number of methoxy groups -OCH3 is 1. The number of benzene rings is 1. The van der Waals surface area contributed by atoms with Crippen molar-refractivity contribution < 1.29 is 23.9 Å². The lowest BCUT2D eigenvalue weighted by Gasteiger charge is -2.22. The van der Waals surface area contributed by atoms with Crippen molar-refractivity contribution in [2.45, 2.75) is 12.5 Å². The number of urea groups is 1. The third kappa shape index (κ3) is 3.76. The van der Waals surface area contributed by atoms with Crippen LogP contribution in [0.5, 0.6) is 5.75 Å². The Morgan fingerprint density at radius 3 is 2.38 bits per heavy atom. The van der Waals surface area contributed by atoms with Gasteiger partial charge in [0.2, 0.25) is 11.8 Å². The van der Waals surface area contributed by atoms with Crippen molar-refractivity contribution in [3.05, 3.63) is 29.8 Å². The number of hydrogen-bond acceptors (Lipinski definition) is 5. The van der Waals surface area contributed by atoms with E-state index in [9.17, 15) is 19.2 Å². The summed E-state index contributed by atoms with van der Waals surface area (Å²) in [5.41, 5.74) is -0.703. The van der Waals surface area contributed by atoms with Gasteiger partial charge in [-0.3, -0.25) is 19.3 Å². The van der Waals surface area contributed by atoms with Crippen molar-refractivity contribution in [1.29, 1.82) is 0 Å². The van der Waals surface area contributed by atoms with Gasteiger partial charge in [0.05, 0.1) is 13.7 Å².